The number of benzene rings is 1. The van der Waals surface area contributed by atoms with Crippen LogP contribution >= 0.6 is 11.3 Å². The molecule has 108 valence electrons. The average molecular weight is 302 g/mol. The summed E-state index contributed by atoms with van der Waals surface area (Å²) in [6, 6.07) is 6.49. The topological polar surface area (TPSA) is 73.3 Å². The normalized spacial score (nSPS) is 11.1. The van der Waals surface area contributed by atoms with Gasteiger partial charge < -0.3 is 0 Å². The van der Waals surface area contributed by atoms with Crippen LogP contribution in [0.4, 0.5) is 5.69 Å². The van der Waals surface area contributed by atoms with Gasteiger partial charge in [-0.2, -0.15) is 5.10 Å². The van der Waals surface area contributed by atoms with Crippen LogP contribution in [0, 0.1) is 10.1 Å². The second-order valence-electron chi connectivity index (χ2n) is 4.76. The van der Waals surface area contributed by atoms with Crippen molar-refractivity contribution in [2.24, 2.45) is 0 Å². The minimum atomic E-state index is -0.400. The van der Waals surface area contributed by atoms with Gasteiger partial charge in [-0.15, -0.1) is 0 Å². The molecule has 0 bridgehead atoms. The number of nitro groups is 1. The maximum Gasteiger partial charge on any atom is 0.270 e. The Hall–Kier alpha value is -2.28. The summed E-state index contributed by atoms with van der Waals surface area (Å²) in [5.41, 5.74) is 1.51. The number of unbranched alkanes of at least 4 members (excludes halogenated alkanes) is 1. The van der Waals surface area contributed by atoms with Crippen molar-refractivity contribution in [2.45, 2.75) is 26.2 Å². The molecule has 0 aliphatic carbocycles. The summed E-state index contributed by atoms with van der Waals surface area (Å²) in [5.74, 6) is 0. The van der Waals surface area contributed by atoms with Gasteiger partial charge in [0.05, 0.1) is 16.8 Å². The maximum absolute atomic E-state index is 10.8. The predicted octanol–water partition coefficient (Wildman–Crippen LogP) is 3.71. The Labute approximate surface area is 125 Å². The monoisotopic (exact) mass is 302 g/mol. The first-order valence-electron chi connectivity index (χ1n) is 6.77. The van der Waals surface area contributed by atoms with E-state index in [0.717, 1.165) is 34.8 Å². The molecule has 0 atom stereocenters. The van der Waals surface area contributed by atoms with E-state index in [1.807, 2.05) is 12.3 Å². The van der Waals surface area contributed by atoms with Crippen molar-refractivity contribution in [2.75, 3.05) is 0 Å². The number of hydrogen-bond acceptors (Lipinski definition) is 5. The Morgan fingerprint density at radius 3 is 3.00 bits per heavy atom. The molecular formula is C14H14N4O2S. The molecule has 0 saturated heterocycles. The quantitative estimate of drug-likeness (QED) is 0.532. The number of imidazole rings is 1. The van der Waals surface area contributed by atoms with Crippen LogP contribution in [0.25, 0.3) is 16.2 Å². The third-order valence-corrected chi connectivity index (χ3v) is 4.16. The molecule has 0 amide bonds. The number of nitrogens with zero attached hydrogens (tertiary/aromatic N) is 4. The second kappa shape index (κ2) is 5.61. The summed E-state index contributed by atoms with van der Waals surface area (Å²) in [7, 11) is 0. The van der Waals surface area contributed by atoms with Gasteiger partial charge in [-0.3, -0.25) is 10.1 Å². The molecule has 3 rings (SSSR count). The highest BCUT2D eigenvalue weighted by Gasteiger charge is 2.12. The lowest BCUT2D eigenvalue weighted by molar-refractivity contribution is -0.384. The van der Waals surface area contributed by atoms with E-state index in [4.69, 9.17) is 0 Å². The van der Waals surface area contributed by atoms with Gasteiger partial charge in [-0.05, 0) is 6.42 Å². The molecule has 2 aromatic heterocycles. The molecule has 6 nitrogen and oxygen atoms in total. The molecular weight excluding hydrogens is 288 g/mol. The number of aromatic nitrogens is 3. The van der Waals surface area contributed by atoms with Crippen LogP contribution in [0.3, 0.4) is 0 Å². The Morgan fingerprint density at radius 1 is 1.43 bits per heavy atom. The molecule has 0 aliphatic heterocycles. The van der Waals surface area contributed by atoms with E-state index in [9.17, 15) is 10.1 Å². The molecule has 0 saturated carbocycles. The van der Waals surface area contributed by atoms with E-state index in [1.165, 1.54) is 12.1 Å². The smallest absolute Gasteiger partial charge is 0.258 e. The molecule has 0 radical (unpaired) electrons. The number of non-ortho nitro benzene ring substituents is 1. The number of hydrogen-bond donors (Lipinski definition) is 0. The van der Waals surface area contributed by atoms with Crippen LogP contribution in [0.15, 0.2) is 30.5 Å². The van der Waals surface area contributed by atoms with Crippen molar-refractivity contribution >= 4 is 22.0 Å². The van der Waals surface area contributed by atoms with Gasteiger partial charge in [-0.1, -0.05) is 36.8 Å². The lowest BCUT2D eigenvalue weighted by Gasteiger charge is -1.96. The van der Waals surface area contributed by atoms with Crippen molar-refractivity contribution in [3.8, 4) is 11.3 Å². The largest absolute Gasteiger partial charge is 0.270 e. The Kier molecular flexibility index (Phi) is 3.66. The summed E-state index contributed by atoms with van der Waals surface area (Å²) in [5, 5.41) is 16.4. The van der Waals surface area contributed by atoms with E-state index in [2.05, 4.69) is 17.0 Å². The van der Waals surface area contributed by atoms with Crippen LogP contribution in [0.2, 0.25) is 0 Å². The van der Waals surface area contributed by atoms with Crippen molar-refractivity contribution in [1.82, 2.24) is 14.6 Å². The fourth-order valence-electron chi connectivity index (χ4n) is 2.09. The Balaban J connectivity index is 1.92. The number of nitro benzene ring substituents is 1. The Bertz CT molecular complexity index is 762. The van der Waals surface area contributed by atoms with Gasteiger partial charge in [0.2, 0.25) is 4.96 Å². The van der Waals surface area contributed by atoms with E-state index in [1.54, 1.807) is 21.9 Å². The third kappa shape index (κ3) is 2.78. The van der Waals surface area contributed by atoms with Gasteiger partial charge in [0.1, 0.15) is 5.01 Å². The zero-order valence-corrected chi connectivity index (χ0v) is 12.3. The molecule has 0 aliphatic rings. The summed E-state index contributed by atoms with van der Waals surface area (Å²) in [6.45, 7) is 2.15. The molecule has 3 aromatic rings. The van der Waals surface area contributed by atoms with Crippen molar-refractivity contribution in [3.05, 3.63) is 45.6 Å². The molecule has 0 N–H and O–H groups in total. The van der Waals surface area contributed by atoms with Crippen molar-refractivity contribution in [1.29, 1.82) is 0 Å². The third-order valence-electron chi connectivity index (χ3n) is 3.18. The fraction of sp³-hybridized carbons (Fsp3) is 0.286. The number of aryl methyl sites for hydroxylation is 1. The Morgan fingerprint density at radius 2 is 2.29 bits per heavy atom. The minimum Gasteiger partial charge on any atom is -0.258 e. The predicted molar refractivity (Wildman–Crippen MR) is 81.6 cm³/mol. The van der Waals surface area contributed by atoms with Gasteiger partial charge in [-0.25, -0.2) is 9.50 Å². The van der Waals surface area contributed by atoms with E-state index in [-0.39, 0.29) is 5.69 Å². The maximum atomic E-state index is 10.8. The lowest BCUT2D eigenvalue weighted by atomic mass is 10.1. The number of fused-ring (bicyclic) bond motifs is 1. The molecule has 0 fully saturated rings. The van der Waals surface area contributed by atoms with E-state index in [0.29, 0.717) is 5.69 Å². The van der Waals surface area contributed by atoms with Crippen molar-refractivity contribution in [3.63, 3.8) is 0 Å². The van der Waals surface area contributed by atoms with Gasteiger partial charge in [0.15, 0.2) is 0 Å². The van der Waals surface area contributed by atoms with Gasteiger partial charge in [0.25, 0.3) is 5.69 Å². The first kappa shape index (κ1) is 13.7. The molecule has 1 aromatic carbocycles. The standard InChI is InChI=1S/C14H14N4O2S/c1-2-3-7-13-16-17-9-12(15-14(17)21-13)10-5-4-6-11(8-10)18(19)20/h4-6,8-9H,2-3,7H2,1H3. The first-order valence-corrected chi connectivity index (χ1v) is 7.59. The summed E-state index contributed by atoms with van der Waals surface area (Å²) >= 11 is 1.57. The van der Waals surface area contributed by atoms with Crippen molar-refractivity contribution < 1.29 is 4.92 Å². The van der Waals surface area contributed by atoms with Crippen LogP contribution in [-0.4, -0.2) is 19.5 Å². The highest BCUT2D eigenvalue weighted by Crippen LogP contribution is 2.25. The second-order valence-corrected chi connectivity index (χ2v) is 5.80. The summed E-state index contributed by atoms with van der Waals surface area (Å²) in [4.78, 5) is 15.8. The minimum absolute atomic E-state index is 0.0699. The SMILES string of the molecule is CCCCc1nn2cc(-c3cccc([N+](=O)[O-])c3)nc2s1. The lowest BCUT2D eigenvalue weighted by Crippen LogP contribution is -1.88. The molecule has 0 unspecified atom stereocenters. The fourth-order valence-corrected chi connectivity index (χ4v) is 3.01. The van der Waals surface area contributed by atoms with Crippen LogP contribution in [0.1, 0.15) is 24.8 Å². The first-order chi connectivity index (χ1) is 10.2. The molecule has 0 spiro atoms. The van der Waals surface area contributed by atoms with Gasteiger partial charge >= 0.3 is 0 Å². The molecule has 7 heteroatoms. The highest BCUT2D eigenvalue weighted by molar-refractivity contribution is 7.16. The van der Waals surface area contributed by atoms with Crippen LogP contribution in [0.5, 0.6) is 0 Å². The van der Waals surface area contributed by atoms with E-state index < -0.39 is 4.92 Å². The van der Waals surface area contributed by atoms with Crippen LogP contribution in [-0.2, 0) is 6.42 Å². The molecule has 21 heavy (non-hydrogen) atoms. The zero-order valence-electron chi connectivity index (χ0n) is 11.5. The van der Waals surface area contributed by atoms with Crippen LogP contribution < -0.4 is 0 Å². The highest BCUT2D eigenvalue weighted by atomic mass is 32.1. The summed E-state index contributed by atoms with van der Waals surface area (Å²) < 4.78 is 1.75. The zero-order chi connectivity index (χ0) is 14.8. The van der Waals surface area contributed by atoms with E-state index >= 15 is 0 Å². The average Bonchev–Trinajstić information content (AvgIpc) is 3.03. The number of rotatable bonds is 5. The molecule has 2 heterocycles. The van der Waals surface area contributed by atoms with Gasteiger partial charge in [0, 0.05) is 24.1 Å². The summed E-state index contributed by atoms with van der Waals surface area (Å²) in [6.07, 6.45) is 5.05.